The van der Waals surface area contributed by atoms with Crippen LogP contribution in [0.15, 0.2) is 0 Å². The standard InChI is InChI=1S/C15H31NO/c1-7-9-10-12-15(6,11-8-2)16-13(17)14(3,4)5/h7-12H2,1-6H3,(H,16,17). The largest absolute Gasteiger partial charge is 0.350 e. The Morgan fingerprint density at radius 2 is 1.53 bits per heavy atom. The molecule has 0 radical (unpaired) electrons. The maximum atomic E-state index is 12.1. The number of carbonyl (C=O) groups is 1. The van der Waals surface area contributed by atoms with Gasteiger partial charge in [-0.25, -0.2) is 0 Å². The summed E-state index contributed by atoms with van der Waals surface area (Å²) in [6, 6.07) is 0. The van der Waals surface area contributed by atoms with E-state index >= 15 is 0 Å². The van der Waals surface area contributed by atoms with Crippen LogP contribution in [0.2, 0.25) is 0 Å². The molecule has 0 aromatic rings. The van der Waals surface area contributed by atoms with Gasteiger partial charge in [-0.15, -0.1) is 0 Å². The first-order valence-corrected chi connectivity index (χ1v) is 7.08. The van der Waals surface area contributed by atoms with Gasteiger partial charge < -0.3 is 5.32 Å². The van der Waals surface area contributed by atoms with Crippen molar-refractivity contribution in [2.75, 3.05) is 0 Å². The summed E-state index contributed by atoms with van der Waals surface area (Å²) in [6.07, 6.45) is 6.97. The third-order valence-corrected chi connectivity index (χ3v) is 3.23. The summed E-state index contributed by atoms with van der Waals surface area (Å²) in [6.45, 7) is 12.5. The topological polar surface area (TPSA) is 29.1 Å². The van der Waals surface area contributed by atoms with Crippen LogP contribution in [0, 0.1) is 5.41 Å². The average Bonchev–Trinajstić information content (AvgIpc) is 2.16. The summed E-state index contributed by atoms with van der Waals surface area (Å²) < 4.78 is 0. The zero-order chi connectivity index (χ0) is 13.5. The van der Waals surface area contributed by atoms with Gasteiger partial charge in [0.15, 0.2) is 0 Å². The Morgan fingerprint density at radius 1 is 0.941 bits per heavy atom. The Morgan fingerprint density at radius 3 is 1.94 bits per heavy atom. The van der Waals surface area contributed by atoms with Gasteiger partial charge in [0.05, 0.1) is 0 Å². The van der Waals surface area contributed by atoms with Crippen LogP contribution in [0.3, 0.4) is 0 Å². The molecule has 0 saturated heterocycles. The van der Waals surface area contributed by atoms with E-state index in [0.29, 0.717) is 0 Å². The molecule has 0 rings (SSSR count). The highest BCUT2D eigenvalue weighted by atomic mass is 16.2. The zero-order valence-corrected chi connectivity index (χ0v) is 12.7. The first kappa shape index (κ1) is 16.5. The smallest absolute Gasteiger partial charge is 0.225 e. The third-order valence-electron chi connectivity index (χ3n) is 3.23. The summed E-state index contributed by atoms with van der Waals surface area (Å²) >= 11 is 0. The van der Waals surface area contributed by atoms with E-state index in [-0.39, 0.29) is 16.9 Å². The molecule has 2 heteroatoms. The van der Waals surface area contributed by atoms with Crippen LogP contribution in [0.4, 0.5) is 0 Å². The number of amides is 1. The summed E-state index contributed by atoms with van der Waals surface area (Å²) in [7, 11) is 0. The fraction of sp³-hybridized carbons (Fsp3) is 0.933. The molecule has 102 valence electrons. The van der Waals surface area contributed by atoms with Crippen molar-refractivity contribution in [3.05, 3.63) is 0 Å². The van der Waals surface area contributed by atoms with Crippen molar-refractivity contribution < 1.29 is 4.79 Å². The lowest BCUT2D eigenvalue weighted by Gasteiger charge is -2.34. The Labute approximate surface area is 108 Å². The lowest BCUT2D eigenvalue weighted by atomic mass is 9.87. The Balaban J connectivity index is 4.44. The quantitative estimate of drug-likeness (QED) is 0.662. The minimum atomic E-state index is -0.292. The van der Waals surface area contributed by atoms with Crippen LogP contribution in [0.1, 0.15) is 80.1 Å². The van der Waals surface area contributed by atoms with Crippen LogP contribution < -0.4 is 5.32 Å². The van der Waals surface area contributed by atoms with E-state index in [1.165, 1.54) is 19.3 Å². The molecule has 2 nitrogen and oxygen atoms in total. The van der Waals surface area contributed by atoms with Crippen molar-refractivity contribution in [1.82, 2.24) is 5.32 Å². The molecule has 0 fully saturated rings. The molecule has 0 saturated carbocycles. The van der Waals surface area contributed by atoms with Crippen LogP contribution in [0.5, 0.6) is 0 Å². The van der Waals surface area contributed by atoms with E-state index in [2.05, 4.69) is 26.1 Å². The van der Waals surface area contributed by atoms with Gasteiger partial charge in [0.2, 0.25) is 5.91 Å². The van der Waals surface area contributed by atoms with Crippen molar-refractivity contribution in [2.24, 2.45) is 5.41 Å². The number of carbonyl (C=O) groups excluding carboxylic acids is 1. The van der Waals surface area contributed by atoms with Crippen LogP contribution in [-0.2, 0) is 4.79 Å². The molecular weight excluding hydrogens is 210 g/mol. The molecule has 1 unspecified atom stereocenters. The zero-order valence-electron chi connectivity index (χ0n) is 12.7. The number of hydrogen-bond acceptors (Lipinski definition) is 1. The fourth-order valence-corrected chi connectivity index (χ4v) is 2.03. The molecular formula is C15H31NO. The van der Waals surface area contributed by atoms with Gasteiger partial charge in [-0.05, 0) is 19.8 Å². The minimum Gasteiger partial charge on any atom is -0.350 e. The van der Waals surface area contributed by atoms with Crippen LogP contribution >= 0.6 is 0 Å². The predicted molar refractivity (Wildman–Crippen MR) is 75.1 cm³/mol. The van der Waals surface area contributed by atoms with Gasteiger partial charge in [-0.2, -0.15) is 0 Å². The second-order valence-electron chi connectivity index (χ2n) is 6.47. The summed E-state index contributed by atoms with van der Waals surface area (Å²) in [4.78, 5) is 12.1. The van der Waals surface area contributed by atoms with Crippen LogP contribution in [-0.4, -0.2) is 11.4 Å². The molecule has 0 aromatic carbocycles. The van der Waals surface area contributed by atoms with Gasteiger partial charge in [0.1, 0.15) is 0 Å². The lowest BCUT2D eigenvalue weighted by molar-refractivity contribution is -0.130. The number of unbranched alkanes of at least 4 members (excludes halogenated alkanes) is 2. The number of rotatable bonds is 7. The molecule has 0 aliphatic heterocycles. The fourth-order valence-electron chi connectivity index (χ4n) is 2.03. The molecule has 0 bridgehead atoms. The average molecular weight is 241 g/mol. The molecule has 0 spiro atoms. The highest BCUT2D eigenvalue weighted by molar-refractivity contribution is 5.82. The van der Waals surface area contributed by atoms with E-state index in [0.717, 1.165) is 19.3 Å². The van der Waals surface area contributed by atoms with E-state index in [9.17, 15) is 4.79 Å². The Kier molecular flexibility index (Phi) is 6.81. The van der Waals surface area contributed by atoms with Gasteiger partial charge >= 0.3 is 0 Å². The lowest BCUT2D eigenvalue weighted by Crippen LogP contribution is -2.50. The monoisotopic (exact) mass is 241 g/mol. The molecule has 1 N–H and O–H groups in total. The maximum Gasteiger partial charge on any atom is 0.225 e. The molecule has 17 heavy (non-hydrogen) atoms. The van der Waals surface area contributed by atoms with Gasteiger partial charge in [0.25, 0.3) is 0 Å². The second kappa shape index (κ2) is 7.03. The van der Waals surface area contributed by atoms with Crippen molar-refractivity contribution >= 4 is 5.91 Å². The van der Waals surface area contributed by atoms with E-state index in [4.69, 9.17) is 0 Å². The van der Waals surface area contributed by atoms with Gasteiger partial charge in [-0.3, -0.25) is 4.79 Å². The van der Waals surface area contributed by atoms with Crippen molar-refractivity contribution in [2.45, 2.75) is 85.6 Å². The second-order valence-corrected chi connectivity index (χ2v) is 6.47. The van der Waals surface area contributed by atoms with Crippen LogP contribution in [0.25, 0.3) is 0 Å². The third kappa shape index (κ3) is 6.70. The van der Waals surface area contributed by atoms with Crippen molar-refractivity contribution in [3.63, 3.8) is 0 Å². The summed E-state index contributed by atoms with van der Waals surface area (Å²) in [5.41, 5.74) is -0.311. The molecule has 0 aliphatic carbocycles. The maximum absolute atomic E-state index is 12.1. The van der Waals surface area contributed by atoms with Crippen molar-refractivity contribution in [3.8, 4) is 0 Å². The summed E-state index contributed by atoms with van der Waals surface area (Å²) in [5, 5.41) is 3.25. The van der Waals surface area contributed by atoms with E-state index in [1.54, 1.807) is 0 Å². The predicted octanol–water partition coefficient (Wildman–Crippen LogP) is 4.29. The summed E-state index contributed by atoms with van der Waals surface area (Å²) in [5.74, 6) is 0.171. The Hall–Kier alpha value is -0.530. The number of nitrogens with one attached hydrogen (secondary N) is 1. The molecule has 1 atom stereocenters. The van der Waals surface area contributed by atoms with Gasteiger partial charge in [0, 0.05) is 11.0 Å². The minimum absolute atomic E-state index is 0.0196. The molecule has 1 amide bonds. The van der Waals surface area contributed by atoms with E-state index < -0.39 is 0 Å². The highest BCUT2D eigenvalue weighted by Crippen LogP contribution is 2.23. The van der Waals surface area contributed by atoms with Crippen molar-refractivity contribution in [1.29, 1.82) is 0 Å². The highest BCUT2D eigenvalue weighted by Gasteiger charge is 2.30. The first-order chi connectivity index (χ1) is 7.75. The number of hydrogen-bond donors (Lipinski definition) is 1. The normalized spacial score (nSPS) is 15.4. The molecule has 0 aromatic heterocycles. The van der Waals surface area contributed by atoms with E-state index in [1.807, 2.05) is 20.8 Å². The molecule has 0 aliphatic rings. The molecule has 0 heterocycles. The SMILES string of the molecule is CCCCCC(C)(CCC)NC(=O)C(C)(C)C. The first-order valence-electron chi connectivity index (χ1n) is 7.08. The van der Waals surface area contributed by atoms with Gasteiger partial charge in [-0.1, -0.05) is 60.3 Å². The Bertz CT molecular complexity index is 230.